The second kappa shape index (κ2) is 8.76. The van der Waals surface area contributed by atoms with E-state index in [0.29, 0.717) is 48.9 Å². The van der Waals surface area contributed by atoms with Crippen LogP contribution in [0.1, 0.15) is 22.8 Å². The zero-order valence-electron chi connectivity index (χ0n) is 13.8. The molecule has 24 heavy (non-hydrogen) atoms. The Morgan fingerprint density at radius 3 is 2.04 bits per heavy atom. The molecule has 0 aliphatic heterocycles. The normalized spacial score (nSPS) is 12.3. The number of rotatable bonds is 8. The van der Waals surface area contributed by atoms with Gasteiger partial charge in [0.05, 0.1) is 25.9 Å². The number of aromatic nitrogens is 4. The standard InChI is InChI=1S/C15H22N6O2S/c1-9-18-3-11(14(16)20-9)5-22-7-13(8-24)23-6-12-4-19-10(2)21-15(12)17/h3-4,13,24H,5-8H2,1-2H3,(H2,16,18,20)(H2,17,19,21). The van der Waals surface area contributed by atoms with Crippen LogP contribution in [-0.4, -0.2) is 38.4 Å². The van der Waals surface area contributed by atoms with Crippen LogP contribution >= 0.6 is 12.6 Å². The van der Waals surface area contributed by atoms with Crippen LogP contribution in [0.25, 0.3) is 0 Å². The molecule has 1 atom stereocenters. The molecule has 0 bridgehead atoms. The molecule has 0 aliphatic carbocycles. The topological polar surface area (TPSA) is 122 Å². The lowest BCUT2D eigenvalue weighted by Crippen LogP contribution is -2.22. The fourth-order valence-corrected chi connectivity index (χ4v) is 2.12. The van der Waals surface area contributed by atoms with Gasteiger partial charge >= 0.3 is 0 Å². The zero-order chi connectivity index (χ0) is 17.5. The highest BCUT2D eigenvalue weighted by Gasteiger charge is 2.11. The first-order valence-electron chi connectivity index (χ1n) is 7.45. The fourth-order valence-electron chi connectivity index (χ4n) is 1.91. The molecule has 130 valence electrons. The van der Waals surface area contributed by atoms with Gasteiger partial charge in [-0.25, -0.2) is 19.9 Å². The Morgan fingerprint density at radius 1 is 1.00 bits per heavy atom. The summed E-state index contributed by atoms with van der Waals surface area (Å²) in [6.45, 7) is 4.55. The summed E-state index contributed by atoms with van der Waals surface area (Å²) in [6.07, 6.45) is 3.14. The van der Waals surface area contributed by atoms with Gasteiger partial charge in [0.25, 0.3) is 0 Å². The van der Waals surface area contributed by atoms with Crippen LogP contribution in [0.3, 0.4) is 0 Å². The third-order valence-corrected chi connectivity index (χ3v) is 3.68. The average Bonchev–Trinajstić information content (AvgIpc) is 2.54. The van der Waals surface area contributed by atoms with E-state index in [2.05, 4.69) is 32.6 Å². The van der Waals surface area contributed by atoms with Crippen molar-refractivity contribution in [3.63, 3.8) is 0 Å². The van der Waals surface area contributed by atoms with Crippen LogP contribution in [0.15, 0.2) is 12.4 Å². The lowest BCUT2D eigenvalue weighted by Gasteiger charge is -2.16. The van der Waals surface area contributed by atoms with Crippen molar-refractivity contribution in [2.45, 2.75) is 33.2 Å². The van der Waals surface area contributed by atoms with Gasteiger partial charge in [0.1, 0.15) is 23.3 Å². The lowest BCUT2D eigenvalue weighted by molar-refractivity contribution is -0.0171. The number of anilines is 2. The van der Waals surface area contributed by atoms with Crippen molar-refractivity contribution in [2.75, 3.05) is 23.8 Å². The van der Waals surface area contributed by atoms with Gasteiger partial charge in [0, 0.05) is 29.3 Å². The summed E-state index contributed by atoms with van der Waals surface area (Å²) in [5.74, 6) is 2.61. The third-order valence-electron chi connectivity index (χ3n) is 3.28. The fraction of sp³-hybridized carbons (Fsp3) is 0.467. The molecule has 0 spiro atoms. The van der Waals surface area contributed by atoms with Gasteiger partial charge < -0.3 is 20.9 Å². The van der Waals surface area contributed by atoms with Crippen LogP contribution in [-0.2, 0) is 22.7 Å². The molecule has 0 radical (unpaired) electrons. The SMILES string of the molecule is Cc1ncc(COCC(CS)OCc2cnc(C)nc2N)c(N)n1. The van der Waals surface area contributed by atoms with E-state index in [-0.39, 0.29) is 6.10 Å². The van der Waals surface area contributed by atoms with Crippen molar-refractivity contribution in [3.8, 4) is 0 Å². The van der Waals surface area contributed by atoms with Gasteiger partial charge in [0.2, 0.25) is 0 Å². The Morgan fingerprint density at radius 2 is 1.54 bits per heavy atom. The monoisotopic (exact) mass is 350 g/mol. The van der Waals surface area contributed by atoms with E-state index in [4.69, 9.17) is 20.9 Å². The molecular weight excluding hydrogens is 328 g/mol. The van der Waals surface area contributed by atoms with Crippen LogP contribution < -0.4 is 11.5 Å². The second-order valence-electron chi connectivity index (χ2n) is 5.29. The average molecular weight is 350 g/mol. The van der Waals surface area contributed by atoms with E-state index < -0.39 is 0 Å². The van der Waals surface area contributed by atoms with Crippen molar-refractivity contribution in [2.24, 2.45) is 0 Å². The maximum Gasteiger partial charge on any atom is 0.132 e. The summed E-state index contributed by atoms with van der Waals surface area (Å²) < 4.78 is 11.4. The Kier molecular flexibility index (Phi) is 6.71. The number of nitrogen functional groups attached to an aromatic ring is 2. The van der Waals surface area contributed by atoms with Crippen molar-refractivity contribution >= 4 is 24.3 Å². The maximum absolute atomic E-state index is 5.84. The number of ether oxygens (including phenoxy) is 2. The first-order valence-corrected chi connectivity index (χ1v) is 8.09. The Hall–Kier alpha value is -1.97. The molecule has 2 aromatic heterocycles. The Labute approximate surface area is 146 Å². The van der Waals surface area contributed by atoms with Crippen molar-refractivity contribution < 1.29 is 9.47 Å². The molecular formula is C15H22N6O2S. The summed E-state index contributed by atoms with van der Waals surface area (Å²) in [4.78, 5) is 16.4. The number of hydrogen-bond donors (Lipinski definition) is 3. The highest BCUT2D eigenvalue weighted by Crippen LogP contribution is 2.12. The first kappa shape index (κ1) is 18.4. The van der Waals surface area contributed by atoms with Gasteiger partial charge in [-0.2, -0.15) is 12.6 Å². The number of nitrogens with two attached hydrogens (primary N) is 2. The smallest absolute Gasteiger partial charge is 0.132 e. The van der Waals surface area contributed by atoms with E-state index in [1.807, 2.05) is 0 Å². The quantitative estimate of drug-likeness (QED) is 0.605. The van der Waals surface area contributed by atoms with Gasteiger partial charge in [0.15, 0.2) is 0 Å². The van der Waals surface area contributed by atoms with Gasteiger partial charge in [-0.05, 0) is 13.8 Å². The van der Waals surface area contributed by atoms with Crippen LogP contribution in [0.2, 0.25) is 0 Å². The summed E-state index contributed by atoms with van der Waals surface area (Å²) in [5.41, 5.74) is 13.2. The molecule has 2 heterocycles. The molecule has 0 fully saturated rings. The van der Waals surface area contributed by atoms with Crippen LogP contribution in [0.4, 0.5) is 11.6 Å². The molecule has 2 rings (SSSR count). The third kappa shape index (κ3) is 5.29. The largest absolute Gasteiger partial charge is 0.383 e. The minimum atomic E-state index is -0.193. The molecule has 0 saturated carbocycles. The molecule has 4 N–H and O–H groups in total. The zero-order valence-corrected chi connectivity index (χ0v) is 14.7. The van der Waals surface area contributed by atoms with Crippen molar-refractivity contribution in [1.82, 2.24) is 19.9 Å². The summed E-state index contributed by atoms with van der Waals surface area (Å²) in [7, 11) is 0. The molecule has 0 aliphatic rings. The minimum absolute atomic E-state index is 0.193. The van der Waals surface area contributed by atoms with Gasteiger partial charge in [-0.15, -0.1) is 0 Å². The van der Waals surface area contributed by atoms with E-state index in [0.717, 1.165) is 11.1 Å². The van der Waals surface area contributed by atoms with Gasteiger partial charge in [-0.3, -0.25) is 0 Å². The number of nitrogens with zero attached hydrogens (tertiary/aromatic N) is 4. The lowest BCUT2D eigenvalue weighted by atomic mass is 10.3. The highest BCUT2D eigenvalue weighted by atomic mass is 32.1. The van der Waals surface area contributed by atoms with Crippen molar-refractivity contribution in [1.29, 1.82) is 0 Å². The second-order valence-corrected chi connectivity index (χ2v) is 5.65. The van der Waals surface area contributed by atoms with E-state index in [1.54, 1.807) is 26.2 Å². The van der Waals surface area contributed by atoms with E-state index >= 15 is 0 Å². The van der Waals surface area contributed by atoms with E-state index in [1.165, 1.54) is 0 Å². The number of thiol groups is 1. The number of hydrogen-bond acceptors (Lipinski definition) is 9. The number of aryl methyl sites for hydroxylation is 2. The predicted molar refractivity (Wildman–Crippen MR) is 94.4 cm³/mol. The Bertz CT molecular complexity index is 685. The molecule has 0 amide bonds. The molecule has 0 aromatic carbocycles. The molecule has 0 saturated heterocycles. The first-order chi connectivity index (χ1) is 11.5. The molecule has 9 heteroatoms. The van der Waals surface area contributed by atoms with E-state index in [9.17, 15) is 0 Å². The Balaban J connectivity index is 1.81. The maximum atomic E-state index is 5.84. The van der Waals surface area contributed by atoms with Crippen LogP contribution in [0.5, 0.6) is 0 Å². The minimum Gasteiger partial charge on any atom is -0.383 e. The highest BCUT2D eigenvalue weighted by molar-refractivity contribution is 7.80. The summed E-state index contributed by atoms with van der Waals surface area (Å²) >= 11 is 4.28. The summed E-state index contributed by atoms with van der Waals surface area (Å²) in [6, 6.07) is 0. The predicted octanol–water partition coefficient (Wildman–Crippen LogP) is 1.08. The van der Waals surface area contributed by atoms with Gasteiger partial charge in [-0.1, -0.05) is 0 Å². The molecule has 1 unspecified atom stereocenters. The molecule has 8 nitrogen and oxygen atoms in total. The van der Waals surface area contributed by atoms with Crippen molar-refractivity contribution in [3.05, 3.63) is 35.2 Å². The van der Waals surface area contributed by atoms with Crippen LogP contribution in [0, 0.1) is 13.8 Å². The molecule has 2 aromatic rings. The summed E-state index contributed by atoms with van der Waals surface area (Å²) in [5, 5.41) is 0.